The number of methoxy groups -OCH3 is 3. The number of aromatic nitrogens is 1. The second kappa shape index (κ2) is 7.12. The van der Waals surface area contributed by atoms with E-state index in [9.17, 15) is 0 Å². The summed E-state index contributed by atoms with van der Waals surface area (Å²) in [5.74, 6) is 1.53. The highest BCUT2D eigenvalue weighted by molar-refractivity contribution is 7.18. The van der Waals surface area contributed by atoms with Gasteiger partial charge in [-0.1, -0.05) is 11.3 Å². The molecule has 1 heterocycles. The molecule has 5 nitrogen and oxygen atoms in total. The molecule has 6 heteroatoms. The smallest absolute Gasteiger partial charge is 0.183 e. The van der Waals surface area contributed by atoms with E-state index >= 15 is 0 Å². The van der Waals surface area contributed by atoms with Crippen LogP contribution in [0.25, 0.3) is 10.4 Å². The van der Waals surface area contributed by atoms with Crippen LogP contribution in [0.2, 0.25) is 0 Å². The van der Waals surface area contributed by atoms with E-state index in [1.807, 2.05) is 24.4 Å². The number of benzene rings is 1. The van der Waals surface area contributed by atoms with Gasteiger partial charge in [-0.25, -0.2) is 4.98 Å². The Labute approximate surface area is 122 Å². The largest absolute Gasteiger partial charge is 0.497 e. The number of hydrogen-bond donors (Lipinski definition) is 1. The third-order valence-electron chi connectivity index (χ3n) is 2.72. The lowest BCUT2D eigenvalue weighted by molar-refractivity contribution is 0.211. The zero-order valence-electron chi connectivity index (χ0n) is 11.8. The molecule has 0 saturated heterocycles. The Balaban J connectivity index is 2.18. The van der Waals surface area contributed by atoms with Crippen LogP contribution in [0.4, 0.5) is 5.13 Å². The van der Waals surface area contributed by atoms with Gasteiger partial charge in [-0.15, -0.1) is 0 Å². The van der Waals surface area contributed by atoms with Crippen molar-refractivity contribution >= 4 is 16.5 Å². The molecular weight excluding hydrogens is 276 g/mol. The Kier molecular flexibility index (Phi) is 5.20. The Morgan fingerprint density at radius 3 is 2.40 bits per heavy atom. The van der Waals surface area contributed by atoms with Crippen molar-refractivity contribution in [1.82, 2.24) is 4.98 Å². The molecule has 0 aliphatic rings. The Bertz CT molecular complexity index is 535. The van der Waals surface area contributed by atoms with E-state index in [0.29, 0.717) is 6.61 Å². The van der Waals surface area contributed by atoms with E-state index < -0.39 is 0 Å². The van der Waals surface area contributed by atoms with Crippen LogP contribution in [0.15, 0.2) is 24.4 Å². The van der Waals surface area contributed by atoms with Crippen LogP contribution < -0.4 is 14.8 Å². The van der Waals surface area contributed by atoms with Crippen molar-refractivity contribution in [2.45, 2.75) is 0 Å². The molecule has 1 aromatic carbocycles. The number of nitrogens with zero attached hydrogens (tertiary/aromatic N) is 1. The average molecular weight is 294 g/mol. The van der Waals surface area contributed by atoms with Crippen molar-refractivity contribution < 1.29 is 14.2 Å². The van der Waals surface area contributed by atoms with E-state index in [2.05, 4.69) is 10.3 Å². The molecule has 1 aromatic heterocycles. The molecule has 0 saturated carbocycles. The number of anilines is 1. The number of hydrogen-bond acceptors (Lipinski definition) is 6. The van der Waals surface area contributed by atoms with Gasteiger partial charge in [0.1, 0.15) is 11.5 Å². The minimum absolute atomic E-state index is 0.655. The maximum Gasteiger partial charge on any atom is 0.183 e. The van der Waals surface area contributed by atoms with Crippen LogP contribution >= 0.6 is 11.3 Å². The third kappa shape index (κ3) is 3.61. The first-order chi connectivity index (χ1) is 9.76. The van der Waals surface area contributed by atoms with Gasteiger partial charge in [-0.3, -0.25) is 0 Å². The molecule has 0 bridgehead atoms. The lowest BCUT2D eigenvalue weighted by atomic mass is 10.2. The molecule has 0 aliphatic carbocycles. The topological polar surface area (TPSA) is 52.6 Å². The fourth-order valence-electron chi connectivity index (χ4n) is 1.70. The molecule has 0 aliphatic heterocycles. The first-order valence-electron chi connectivity index (χ1n) is 6.19. The monoisotopic (exact) mass is 294 g/mol. The molecule has 2 rings (SSSR count). The summed E-state index contributed by atoms with van der Waals surface area (Å²) in [6, 6.07) is 5.78. The standard InChI is InChI=1S/C14H18N2O3S/c1-17-5-4-15-14-16-9-13(20-14)10-6-11(18-2)8-12(7-10)19-3/h6-9H,4-5H2,1-3H3,(H,15,16). The molecule has 0 radical (unpaired) electrons. The SMILES string of the molecule is COCCNc1ncc(-c2cc(OC)cc(OC)c2)s1. The summed E-state index contributed by atoms with van der Waals surface area (Å²) >= 11 is 1.59. The molecule has 20 heavy (non-hydrogen) atoms. The molecule has 108 valence electrons. The molecule has 0 fully saturated rings. The Hall–Kier alpha value is -1.79. The molecular formula is C14H18N2O3S. The molecule has 2 aromatic rings. The molecule has 1 N–H and O–H groups in total. The van der Waals surface area contributed by atoms with Gasteiger partial charge < -0.3 is 19.5 Å². The molecule has 0 unspecified atom stereocenters. The van der Waals surface area contributed by atoms with E-state index in [-0.39, 0.29) is 0 Å². The van der Waals surface area contributed by atoms with Crippen LogP contribution in [0.3, 0.4) is 0 Å². The Morgan fingerprint density at radius 1 is 1.10 bits per heavy atom. The molecule has 0 atom stereocenters. The van der Waals surface area contributed by atoms with Gasteiger partial charge in [-0.2, -0.15) is 0 Å². The summed E-state index contributed by atoms with van der Waals surface area (Å²) < 4.78 is 15.6. The minimum atomic E-state index is 0.655. The zero-order chi connectivity index (χ0) is 14.4. The number of thiazole rings is 1. The van der Waals surface area contributed by atoms with Crippen molar-refractivity contribution in [3.05, 3.63) is 24.4 Å². The van der Waals surface area contributed by atoms with Crippen molar-refractivity contribution in [3.8, 4) is 21.9 Å². The van der Waals surface area contributed by atoms with Crippen LogP contribution in [-0.2, 0) is 4.74 Å². The summed E-state index contributed by atoms with van der Waals surface area (Å²) in [6.45, 7) is 1.40. The normalized spacial score (nSPS) is 10.3. The quantitative estimate of drug-likeness (QED) is 0.796. The molecule has 0 spiro atoms. The van der Waals surface area contributed by atoms with Gasteiger partial charge in [0, 0.05) is 31.5 Å². The highest BCUT2D eigenvalue weighted by atomic mass is 32.1. The highest BCUT2D eigenvalue weighted by Crippen LogP contribution is 2.34. The van der Waals surface area contributed by atoms with Crippen molar-refractivity contribution in [1.29, 1.82) is 0 Å². The maximum absolute atomic E-state index is 5.28. The second-order valence-electron chi connectivity index (χ2n) is 4.05. The van der Waals surface area contributed by atoms with Gasteiger partial charge in [0.2, 0.25) is 0 Å². The van der Waals surface area contributed by atoms with Crippen LogP contribution in [0.5, 0.6) is 11.5 Å². The van der Waals surface area contributed by atoms with Crippen LogP contribution in [-0.4, -0.2) is 39.5 Å². The van der Waals surface area contributed by atoms with Crippen molar-refractivity contribution in [2.24, 2.45) is 0 Å². The van der Waals surface area contributed by atoms with E-state index in [4.69, 9.17) is 14.2 Å². The summed E-state index contributed by atoms with van der Waals surface area (Å²) in [6.07, 6.45) is 1.84. The fraction of sp³-hybridized carbons (Fsp3) is 0.357. The number of nitrogens with one attached hydrogen (secondary N) is 1. The van der Waals surface area contributed by atoms with Gasteiger partial charge in [0.15, 0.2) is 5.13 Å². The number of ether oxygens (including phenoxy) is 3. The number of rotatable bonds is 7. The second-order valence-corrected chi connectivity index (χ2v) is 5.08. The lowest BCUT2D eigenvalue weighted by Gasteiger charge is -2.06. The van der Waals surface area contributed by atoms with Gasteiger partial charge in [0.25, 0.3) is 0 Å². The molecule has 0 amide bonds. The van der Waals surface area contributed by atoms with Crippen molar-refractivity contribution in [2.75, 3.05) is 39.8 Å². The lowest BCUT2D eigenvalue weighted by Crippen LogP contribution is -2.06. The summed E-state index contributed by atoms with van der Waals surface area (Å²) in [4.78, 5) is 5.40. The van der Waals surface area contributed by atoms with E-state index in [1.165, 1.54) is 0 Å². The van der Waals surface area contributed by atoms with Crippen LogP contribution in [0, 0.1) is 0 Å². The van der Waals surface area contributed by atoms with Gasteiger partial charge in [-0.05, 0) is 12.1 Å². The summed E-state index contributed by atoms with van der Waals surface area (Å²) in [5.41, 5.74) is 1.03. The highest BCUT2D eigenvalue weighted by Gasteiger charge is 2.08. The van der Waals surface area contributed by atoms with Gasteiger partial charge >= 0.3 is 0 Å². The maximum atomic E-state index is 5.28. The summed E-state index contributed by atoms with van der Waals surface area (Å²) in [5, 5.41) is 4.09. The van der Waals surface area contributed by atoms with Crippen LogP contribution in [0.1, 0.15) is 0 Å². The predicted octanol–water partition coefficient (Wildman–Crippen LogP) is 2.89. The predicted molar refractivity (Wildman–Crippen MR) is 81.0 cm³/mol. The summed E-state index contributed by atoms with van der Waals surface area (Å²) in [7, 11) is 4.96. The van der Waals surface area contributed by atoms with Crippen molar-refractivity contribution in [3.63, 3.8) is 0 Å². The van der Waals surface area contributed by atoms with E-state index in [1.54, 1.807) is 32.7 Å². The van der Waals surface area contributed by atoms with Gasteiger partial charge in [0.05, 0.1) is 25.7 Å². The average Bonchev–Trinajstić information content (AvgIpc) is 2.96. The Morgan fingerprint density at radius 2 is 1.80 bits per heavy atom. The first-order valence-corrected chi connectivity index (χ1v) is 7.00. The third-order valence-corrected chi connectivity index (χ3v) is 3.73. The fourth-order valence-corrected chi connectivity index (χ4v) is 2.53. The zero-order valence-corrected chi connectivity index (χ0v) is 12.6. The first kappa shape index (κ1) is 14.6. The minimum Gasteiger partial charge on any atom is -0.497 e. The van der Waals surface area contributed by atoms with E-state index in [0.717, 1.165) is 33.6 Å².